The van der Waals surface area contributed by atoms with Gasteiger partial charge in [-0.3, -0.25) is 0 Å². The Morgan fingerprint density at radius 1 is 0.545 bits per heavy atom. The minimum absolute atomic E-state index is 0.600. The van der Waals surface area contributed by atoms with E-state index < -0.39 is 0 Å². The molecular formula is C39H22N4O. The molecule has 5 heteroatoms. The number of furan rings is 1. The highest BCUT2D eigenvalue weighted by Crippen LogP contribution is 2.38. The van der Waals surface area contributed by atoms with Crippen molar-refractivity contribution in [2.45, 2.75) is 0 Å². The molecule has 3 aromatic heterocycles. The third kappa shape index (κ3) is 3.65. The van der Waals surface area contributed by atoms with Crippen molar-refractivity contribution >= 4 is 54.6 Å². The molecule has 44 heavy (non-hydrogen) atoms. The Balaban J connectivity index is 1.22. The normalized spacial score (nSPS) is 11.6. The molecule has 5 nitrogen and oxygen atoms in total. The van der Waals surface area contributed by atoms with Crippen molar-refractivity contribution < 1.29 is 4.42 Å². The van der Waals surface area contributed by atoms with Crippen molar-refractivity contribution in [1.29, 1.82) is 5.26 Å². The van der Waals surface area contributed by atoms with Crippen LogP contribution in [0, 0.1) is 11.3 Å². The standard InChI is InChI=1S/C39H22N4O/c40-23-24-8-7-9-26(20-24)38-30-12-1-4-13-33(30)41-39(42-38)25-16-18-27(19-17-25)43-34-14-5-2-10-28(34)31-22-37-32(21-35(31)43)29-11-3-6-15-36(29)44-37/h1-22H. The maximum Gasteiger partial charge on any atom is 0.160 e. The van der Waals surface area contributed by atoms with Gasteiger partial charge in [0.25, 0.3) is 0 Å². The molecule has 0 amide bonds. The fourth-order valence-electron chi connectivity index (χ4n) is 6.39. The van der Waals surface area contributed by atoms with Gasteiger partial charge in [-0.25, -0.2) is 9.97 Å². The number of fused-ring (bicyclic) bond motifs is 7. The summed E-state index contributed by atoms with van der Waals surface area (Å²) in [5.74, 6) is 0.640. The average molecular weight is 563 g/mol. The third-order valence-corrected chi connectivity index (χ3v) is 8.42. The topological polar surface area (TPSA) is 67.6 Å². The van der Waals surface area contributed by atoms with E-state index in [1.807, 2.05) is 54.6 Å². The van der Waals surface area contributed by atoms with Gasteiger partial charge in [0, 0.05) is 43.7 Å². The van der Waals surface area contributed by atoms with Crippen molar-refractivity contribution in [3.05, 3.63) is 139 Å². The van der Waals surface area contributed by atoms with Crippen LogP contribution in [0.4, 0.5) is 0 Å². The summed E-state index contributed by atoms with van der Waals surface area (Å²) in [7, 11) is 0. The minimum Gasteiger partial charge on any atom is -0.456 e. The van der Waals surface area contributed by atoms with Crippen molar-refractivity contribution in [3.63, 3.8) is 0 Å². The highest BCUT2D eigenvalue weighted by molar-refractivity contribution is 6.17. The molecule has 0 aliphatic rings. The van der Waals surface area contributed by atoms with E-state index in [0.717, 1.165) is 71.8 Å². The molecule has 0 N–H and O–H groups in total. The Morgan fingerprint density at radius 3 is 2.18 bits per heavy atom. The number of nitrogens with zero attached hydrogens (tertiary/aromatic N) is 4. The highest BCUT2D eigenvalue weighted by Gasteiger charge is 2.17. The molecule has 0 radical (unpaired) electrons. The summed E-state index contributed by atoms with van der Waals surface area (Å²) in [5, 5.41) is 15.0. The number of hydrogen-bond acceptors (Lipinski definition) is 4. The van der Waals surface area contributed by atoms with E-state index >= 15 is 0 Å². The predicted octanol–water partition coefficient (Wildman–Crippen LogP) is 9.83. The van der Waals surface area contributed by atoms with Crippen LogP contribution in [0.3, 0.4) is 0 Å². The zero-order valence-electron chi connectivity index (χ0n) is 23.4. The zero-order chi connectivity index (χ0) is 29.2. The Morgan fingerprint density at radius 2 is 1.32 bits per heavy atom. The predicted molar refractivity (Wildman–Crippen MR) is 177 cm³/mol. The molecule has 0 bridgehead atoms. The first-order valence-corrected chi connectivity index (χ1v) is 14.5. The Labute approximate surface area is 251 Å². The van der Waals surface area contributed by atoms with Crippen LogP contribution in [0.5, 0.6) is 0 Å². The lowest BCUT2D eigenvalue weighted by atomic mass is 10.0. The van der Waals surface area contributed by atoms with Crippen LogP contribution in [0.25, 0.3) is 83.0 Å². The second kappa shape index (κ2) is 9.38. The maximum absolute atomic E-state index is 9.49. The van der Waals surface area contributed by atoms with E-state index in [1.165, 1.54) is 5.39 Å². The van der Waals surface area contributed by atoms with Crippen molar-refractivity contribution in [2.75, 3.05) is 0 Å². The molecule has 0 atom stereocenters. The van der Waals surface area contributed by atoms with Crippen LogP contribution in [0.2, 0.25) is 0 Å². The van der Waals surface area contributed by atoms with Crippen LogP contribution in [0.15, 0.2) is 138 Å². The summed E-state index contributed by atoms with van der Waals surface area (Å²) in [6.07, 6.45) is 0. The number of aromatic nitrogens is 3. The molecule has 0 spiro atoms. The summed E-state index contributed by atoms with van der Waals surface area (Å²) in [4.78, 5) is 9.96. The van der Waals surface area contributed by atoms with Gasteiger partial charge in [0.1, 0.15) is 11.2 Å². The lowest BCUT2D eigenvalue weighted by Crippen LogP contribution is -1.97. The first kappa shape index (κ1) is 24.4. The quantitative estimate of drug-likeness (QED) is 0.215. The molecule has 204 valence electrons. The first-order valence-electron chi connectivity index (χ1n) is 14.5. The van der Waals surface area contributed by atoms with Gasteiger partial charge in [0.05, 0.1) is 33.9 Å². The molecule has 9 rings (SSSR count). The molecule has 3 heterocycles. The van der Waals surface area contributed by atoms with Crippen LogP contribution < -0.4 is 0 Å². The fraction of sp³-hybridized carbons (Fsp3) is 0. The minimum atomic E-state index is 0.600. The van der Waals surface area contributed by atoms with E-state index in [4.69, 9.17) is 14.4 Å². The molecule has 0 aliphatic carbocycles. The lowest BCUT2D eigenvalue weighted by Gasteiger charge is -2.11. The second-order valence-electron chi connectivity index (χ2n) is 11.0. The van der Waals surface area contributed by atoms with Crippen LogP contribution in [0.1, 0.15) is 5.56 Å². The van der Waals surface area contributed by atoms with Gasteiger partial charge >= 0.3 is 0 Å². The average Bonchev–Trinajstić information content (AvgIpc) is 3.61. The van der Waals surface area contributed by atoms with Gasteiger partial charge in [0.2, 0.25) is 0 Å². The fourth-order valence-corrected chi connectivity index (χ4v) is 6.39. The van der Waals surface area contributed by atoms with Gasteiger partial charge in [-0.05, 0) is 66.7 Å². The summed E-state index contributed by atoms with van der Waals surface area (Å²) >= 11 is 0. The molecule has 9 aromatic rings. The molecule has 0 saturated carbocycles. The number of rotatable bonds is 3. The molecule has 0 unspecified atom stereocenters. The molecule has 0 fully saturated rings. The van der Waals surface area contributed by atoms with Crippen molar-refractivity contribution in [1.82, 2.24) is 14.5 Å². The van der Waals surface area contributed by atoms with E-state index in [1.54, 1.807) is 6.07 Å². The summed E-state index contributed by atoms with van der Waals surface area (Å²) < 4.78 is 8.55. The summed E-state index contributed by atoms with van der Waals surface area (Å²) in [6.45, 7) is 0. The second-order valence-corrected chi connectivity index (χ2v) is 11.0. The van der Waals surface area contributed by atoms with Gasteiger partial charge in [-0.2, -0.15) is 5.26 Å². The molecular weight excluding hydrogens is 540 g/mol. The molecule has 6 aromatic carbocycles. The van der Waals surface area contributed by atoms with Crippen LogP contribution >= 0.6 is 0 Å². The van der Waals surface area contributed by atoms with Crippen LogP contribution in [-0.2, 0) is 0 Å². The summed E-state index contributed by atoms with van der Waals surface area (Å²) in [6, 6.07) is 47.4. The maximum atomic E-state index is 9.49. The van der Waals surface area contributed by atoms with E-state index in [9.17, 15) is 5.26 Å². The SMILES string of the molecule is N#Cc1cccc(-c2nc(-c3ccc(-n4c5ccccc5c5cc6oc7ccccc7c6cc54)cc3)nc3ccccc23)c1. The number of benzene rings is 6. The van der Waals surface area contributed by atoms with Crippen LogP contribution in [-0.4, -0.2) is 14.5 Å². The lowest BCUT2D eigenvalue weighted by molar-refractivity contribution is 0.669. The largest absolute Gasteiger partial charge is 0.456 e. The highest BCUT2D eigenvalue weighted by atomic mass is 16.3. The number of para-hydroxylation sites is 3. The molecule has 0 aliphatic heterocycles. The number of hydrogen-bond donors (Lipinski definition) is 0. The Kier molecular flexibility index (Phi) is 5.19. The number of nitriles is 1. The van der Waals surface area contributed by atoms with Gasteiger partial charge in [-0.1, -0.05) is 66.7 Å². The van der Waals surface area contributed by atoms with Crippen molar-refractivity contribution in [2.24, 2.45) is 0 Å². The van der Waals surface area contributed by atoms with E-state index in [0.29, 0.717) is 11.4 Å². The van der Waals surface area contributed by atoms with Crippen molar-refractivity contribution in [3.8, 4) is 34.4 Å². The third-order valence-electron chi connectivity index (χ3n) is 8.42. The van der Waals surface area contributed by atoms with Gasteiger partial charge < -0.3 is 8.98 Å². The Hall–Kier alpha value is -6.25. The zero-order valence-corrected chi connectivity index (χ0v) is 23.4. The molecule has 0 saturated heterocycles. The van der Waals surface area contributed by atoms with E-state index in [-0.39, 0.29) is 0 Å². The monoisotopic (exact) mass is 562 g/mol. The van der Waals surface area contributed by atoms with E-state index in [2.05, 4.69) is 83.4 Å². The first-order chi connectivity index (χ1) is 21.7. The Bertz CT molecular complexity index is 2620. The summed E-state index contributed by atoms with van der Waals surface area (Å²) in [5.41, 5.74) is 9.17. The smallest absolute Gasteiger partial charge is 0.160 e. The van der Waals surface area contributed by atoms with Gasteiger partial charge in [-0.15, -0.1) is 0 Å². The van der Waals surface area contributed by atoms with Gasteiger partial charge in [0.15, 0.2) is 5.82 Å².